The molecule has 0 saturated carbocycles. The number of ether oxygens (including phenoxy) is 1. The normalized spacial score (nSPS) is 12.8. The highest BCUT2D eigenvalue weighted by atomic mass is 16.5. The molecule has 1 amide bonds. The summed E-state index contributed by atoms with van der Waals surface area (Å²) in [4.78, 5) is 24.5. The van der Waals surface area contributed by atoms with E-state index in [1.165, 1.54) is 283 Å². The van der Waals surface area contributed by atoms with Gasteiger partial charge in [-0.05, 0) is 64.2 Å². The number of rotatable bonds is 62. The lowest BCUT2D eigenvalue weighted by Crippen LogP contribution is -2.45. The second-order valence-corrected chi connectivity index (χ2v) is 22.8. The van der Waals surface area contributed by atoms with Crippen LogP contribution in [0.5, 0.6) is 0 Å². The van der Waals surface area contributed by atoms with Gasteiger partial charge in [-0.15, -0.1) is 0 Å². The summed E-state index contributed by atoms with van der Waals surface area (Å²) in [7, 11) is 0. The lowest BCUT2D eigenvalue weighted by atomic mass is 10.0. The molecule has 74 heavy (non-hydrogen) atoms. The number of hydrogen-bond donors (Lipinski definition) is 3. The van der Waals surface area contributed by atoms with Gasteiger partial charge in [0.05, 0.1) is 25.4 Å². The van der Waals surface area contributed by atoms with Gasteiger partial charge >= 0.3 is 5.97 Å². The van der Waals surface area contributed by atoms with E-state index >= 15 is 0 Å². The molecule has 0 radical (unpaired) electrons. The standard InChI is InChI=1S/C68H129NO5/c1-3-5-7-9-11-13-15-17-34-38-42-46-50-54-58-62-68(73)74-63-59-55-51-47-43-39-36-33-31-29-27-25-23-21-19-18-20-22-24-26-28-30-32-35-37-41-45-49-53-57-61-67(72)69-65(64-70)66(71)60-56-52-48-44-40-16-14-12-10-8-6-4-2/h11,13,17,34,56,60,65-66,70-71H,3-10,12,14-16,18-33,35-55,57-59,61-64H2,1-2H3,(H,69,72)/b13-11-,34-17-,60-56+. The molecule has 0 aliphatic carbocycles. The van der Waals surface area contributed by atoms with Crippen molar-refractivity contribution in [2.24, 2.45) is 0 Å². The number of unbranched alkanes of at least 4 members (excludes halogenated alkanes) is 47. The van der Waals surface area contributed by atoms with E-state index in [1.807, 2.05) is 6.08 Å². The molecular weight excluding hydrogens is 911 g/mol. The molecule has 0 aliphatic heterocycles. The number of esters is 1. The third kappa shape index (κ3) is 59.3. The lowest BCUT2D eigenvalue weighted by Gasteiger charge is -2.20. The topological polar surface area (TPSA) is 95.9 Å². The summed E-state index contributed by atoms with van der Waals surface area (Å²) in [6.45, 7) is 4.88. The smallest absolute Gasteiger partial charge is 0.305 e. The van der Waals surface area contributed by atoms with Crippen molar-refractivity contribution < 1.29 is 24.5 Å². The molecule has 0 rings (SSSR count). The monoisotopic (exact) mass is 1040 g/mol. The number of allylic oxidation sites excluding steroid dienone is 5. The molecule has 2 atom stereocenters. The van der Waals surface area contributed by atoms with Crippen molar-refractivity contribution >= 4 is 11.9 Å². The van der Waals surface area contributed by atoms with Crippen molar-refractivity contribution in [1.29, 1.82) is 0 Å². The van der Waals surface area contributed by atoms with Crippen molar-refractivity contribution in [3.05, 3.63) is 36.5 Å². The maximum atomic E-state index is 12.4. The Balaban J connectivity index is 3.33. The number of amides is 1. The van der Waals surface area contributed by atoms with Crippen LogP contribution in [0.2, 0.25) is 0 Å². The van der Waals surface area contributed by atoms with Crippen LogP contribution < -0.4 is 5.32 Å². The summed E-state index contributed by atoms with van der Waals surface area (Å²) in [5.74, 6) is -0.0580. The molecule has 0 heterocycles. The van der Waals surface area contributed by atoms with Crippen LogP contribution in [0.15, 0.2) is 36.5 Å². The van der Waals surface area contributed by atoms with E-state index in [0.29, 0.717) is 19.4 Å². The Bertz CT molecular complexity index is 1200. The molecule has 2 unspecified atom stereocenters. The molecule has 6 nitrogen and oxygen atoms in total. The third-order valence-corrected chi connectivity index (χ3v) is 15.4. The average Bonchev–Trinajstić information content (AvgIpc) is 3.40. The first-order valence-corrected chi connectivity index (χ1v) is 33.3. The zero-order valence-electron chi connectivity index (χ0n) is 49.8. The van der Waals surface area contributed by atoms with Gasteiger partial charge in [0.25, 0.3) is 0 Å². The number of nitrogens with one attached hydrogen (secondary N) is 1. The van der Waals surface area contributed by atoms with E-state index in [1.54, 1.807) is 6.08 Å². The molecule has 436 valence electrons. The Morgan fingerprint density at radius 3 is 1.05 bits per heavy atom. The van der Waals surface area contributed by atoms with Crippen LogP contribution in [0.25, 0.3) is 0 Å². The molecule has 3 N–H and O–H groups in total. The first-order valence-electron chi connectivity index (χ1n) is 33.3. The lowest BCUT2D eigenvalue weighted by molar-refractivity contribution is -0.143. The van der Waals surface area contributed by atoms with Gasteiger partial charge in [0.1, 0.15) is 0 Å². The van der Waals surface area contributed by atoms with Crippen LogP contribution in [-0.4, -0.2) is 47.4 Å². The van der Waals surface area contributed by atoms with E-state index in [0.717, 1.165) is 51.4 Å². The number of hydrogen-bond acceptors (Lipinski definition) is 5. The van der Waals surface area contributed by atoms with Gasteiger partial charge < -0.3 is 20.3 Å². The molecule has 0 saturated heterocycles. The van der Waals surface area contributed by atoms with Crippen LogP contribution in [0.3, 0.4) is 0 Å². The van der Waals surface area contributed by atoms with Crippen molar-refractivity contribution in [3.63, 3.8) is 0 Å². The Labute approximate surface area is 462 Å². The number of aliphatic hydroxyl groups is 2. The Kier molecular flexibility index (Phi) is 62.0. The highest BCUT2D eigenvalue weighted by Crippen LogP contribution is 2.18. The second-order valence-electron chi connectivity index (χ2n) is 22.8. The minimum absolute atomic E-state index is 0.00579. The van der Waals surface area contributed by atoms with E-state index in [-0.39, 0.29) is 18.5 Å². The summed E-state index contributed by atoms with van der Waals surface area (Å²) >= 11 is 0. The predicted molar refractivity (Wildman–Crippen MR) is 324 cm³/mol. The Morgan fingerprint density at radius 1 is 0.378 bits per heavy atom. The van der Waals surface area contributed by atoms with Crippen LogP contribution in [0, 0.1) is 0 Å². The van der Waals surface area contributed by atoms with Crippen molar-refractivity contribution in [3.8, 4) is 0 Å². The van der Waals surface area contributed by atoms with E-state index in [4.69, 9.17) is 4.74 Å². The third-order valence-electron chi connectivity index (χ3n) is 15.4. The fraction of sp³-hybridized carbons (Fsp3) is 0.882. The van der Waals surface area contributed by atoms with Gasteiger partial charge in [-0.2, -0.15) is 0 Å². The first kappa shape index (κ1) is 72.1. The van der Waals surface area contributed by atoms with Gasteiger partial charge in [0.15, 0.2) is 0 Å². The fourth-order valence-corrected chi connectivity index (χ4v) is 10.3. The van der Waals surface area contributed by atoms with Crippen molar-refractivity contribution in [1.82, 2.24) is 5.32 Å². The summed E-state index contributed by atoms with van der Waals surface area (Å²) in [5, 5.41) is 23.1. The Morgan fingerprint density at radius 2 is 0.676 bits per heavy atom. The molecule has 0 bridgehead atoms. The van der Waals surface area contributed by atoms with Crippen LogP contribution >= 0.6 is 0 Å². The minimum atomic E-state index is -0.840. The van der Waals surface area contributed by atoms with E-state index in [2.05, 4.69) is 43.5 Å². The molecular formula is C68H129NO5. The van der Waals surface area contributed by atoms with Crippen LogP contribution in [-0.2, 0) is 14.3 Å². The molecule has 0 aromatic rings. The van der Waals surface area contributed by atoms with Gasteiger partial charge in [0, 0.05) is 12.8 Å². The highest BCUT2D eigenvalue weighted by molar-refractivity contribution is 5.76. The number of carbonyl (C=O) groups is 2. The van der Waals surface area contributed by atoms with Crippen LogP contribution in [0.4, 0.5) is 0 Å². The van der Waals surface area contributed by atoms with Gasteiger partial charge in [-0.25, -0.2) is 0 Å². The zero-order valence-corrected chi connectivity index (χ0v) is 49.8. The number of carbonyl (C=O) groups excluding carboxylic acids is 2. The highest BCUT2D eigenvalue weighted by Gasteiger charge is 2.18. The predicted octanol–water partition coefficient (Wildman–Crippen LogP) is 21.1. The average molecular weight is 1040 g/mol. The largest absolute Gasteiger partial charge is 0.466 e. The summed E-state index contributed by atoms with van der Waals surface area (Å²) in [6.07, 6.45) is 80.7. The summed E-state index contributed by atoms with van der Waals surface area (Å²) < 4.78 is 5.49. The van der Waals surface area contributed by atoms with E-state index < -0.39 is 12.1 Å². The fourth-order valence-electron chi connectivity index (χ4n) is 10.3. The maximum Gasteiger partial charge on any atom is 0.305 e. The van der Waals surface area contributed by atoms with Crippen LogP contribution in [0.1, 0.15) is 361 Å². The minimum Gasteiger partial charge on any atom is -0.466 e. The zero-order chi connectivity index (χ0) is 53.6. The Hall–Kier alpha value is -1.92. The quantitative estimate of drug-likeness (QED) is 0.0320. The molecule has 0 aliphatic rings. The summed E-state index contributed by atoms with van der Waals surface area (Å²) in [5.41, 5.74) is 0. The molecule has 6 heteroatoms. The first-order chi connectivity index (χ1) is 36.5. The summed E-state index contributed by atoms with van der Waals surface area (Å²) in [6, 6.07) is -0.624. The molecule has 0 aromatic carbocycles. The van der Waals surface area contributed by atoms with Gasteiger partial charge in [-0.3, -0.25) is 9.59 Å². The van der Waals surface area contributed by atoms with Crippen molar-refractivity contribution in [2.75, 3.05) is 13.2 Å². The SMILES string of the molecule is CCCCC/C=C\C/C=C\CCCCCCCC(=O)OCCCCCCCCCCCCCCCCCCCCCCCCCCCCCCCCC(=O)NC(CO)C(O)/C=C/CCCCCCCCCCCC. The van der Waals surface area contributed by atoms with Crippen molar-refractivity contribution in [2.45, 2.75) is 373 Å². The van der Waals surface area contributed by atoms with Gasteiger partial charge in [0.2, 0.25) is 5.91 Å². The molecule has 0 fully saturated rings. The van der Waals surface area contributed by atoms with Gasteiger partial charge in [-0.1, -0.05) is 320 Å². The van der Waals surface area contributed by atoms with E-state index in [9.17, 15) is 19.8 Å². The second kappa shape index (κ2) is 63.6. The molecule has 0 aromatic heterocycles. The maximum absolute atomic E-state index is 12.4. The number of aliphatic hydroxyl groups excluding tert-OH is 2. The molecule has 0 spiro atoms.